The predicted octanol–water partition coefficient (Wildman–Crippen LogP) is 1.10. The summed E-state index contributed by atoms with van der Waals surface area (Å²) in [4.78, 5) is 25.0. The van der Waals surface area contributed by atoms with Gasteiger partial charge in [-0.25, -0.2) is 9.48 Å². The molecule has 21 heavy (non-hydrogen) atoms. The van der Waals surface area contributed by atoms with E-state index in [0.717, 1.165) is 19.3 Å². The predicted molar refractivity (Wildman–Crippen MR) is 75.6 cm³/mol. The molecule has 2 atom stereocenters. The van der Waals surface area contributed by atoms with Gasteiger partial charge in [0.05, 0.1) is 6.20 Å². The van der Waals surface area contributed by atoms with Crippen LogP contribution in [-0.2, 0) is 16.1 Å². The first kappa shape index (κ1) is 15.5. The summed E-state index contributed by atoms with van der Waals surface area (Å²) in [5, 5.41) is 7.57. The van der Waals surface area contributed by atoms with Crippen LogP contribution in [-0.4, -0.2) is 52.0 Å². The van der Waals surface area contributed by atoms with Crippen molar-refractivity contribution in [3.05, 3.63) is 11.9 Å². The van der Waals surface area contributed by atoms with E-state index in [9.17, 15) is 9.59 Å². The van der Waals surface area contributed by atoms with Crippen molar-refractivity contribution in [3.8, 4) is 0 Å². The Morgan fingerprint density at radius 1 is 1.43 bits per heavy atom. The second kappa shape index (κ2) is 6.69. The van der Waals surface area contributed by atoms with E-state index >= 15 is 0 Å². The van der Waals surface area contributed by atoms with Gasteiger partial charge in [0, 0.05) is 14.1 Å². The van der Waals surface area contributed by atoms with Crippen LogP contribution in [0.5, 0.6) is 0 Å². The molecule has 1 saturated carbocycles. The fourth-order valence-electron chi connectivity index (χ4n) is 2.45. The van der Waals surface area contributed by atoms with Crippen LogP contribution in [0.1, 0.15) is 43.1 Å². The molecule has 1 aromatic rings. The minimum Gasteiger partial charge on any atom is -0.458 e. The van der Waals surface area contributed by atoms with Gasteiger partial charge in [-0.2, -0.15) is 0 Å². The lowest BCUT2D eigenvalue weighted by molar-refractivity contribution is -0.129. The zero-order valence-corrected chi connectivity index (χ0v) is 12.8. The van der Waals surface area contributed by atoms with Gasteiger partial charge < -0.3 is 9.64 Å². The van der Waals surface area contributed by atoms with E-state index in [4.69, 9.17) is 4.74 Å². The first-order valence-electron chi connectivity index (χ1n) is 7.27. The SMILES string of the molecule is CC1CCCC(OC(=O)c2cn(CC(=O)N(C)C)nn2)C1. The molecule has 1 amide bonds. The lowest BCUT2D eigenvalue weighted by Gasteiger charge is -2.26. The zero-order chi connectivity index (χ0) is 15.4. The molecule has 1 aliphatic rings. The molecule has 0 saturated heterocycles. The average Bonchev–Trinajstić information content (AvgIpc) is 2.87. The number of amides is 1. The van der Waals surface area contributed by atoms with Gasteiger partial charge in [-0.1, -0.05) is 18.6 Å². The summed E-state index contributed by atoms with van der Waals surface area (Å²) in [6, 6.07) is 0. The number of carbonyl (C=O) groups excluding carboxylic acids is 2. The Labute approximate surface area is 124 Å². The highest BCUT2D eigenvalue weighted by atomic mass is 16.5. The molecule has 116 valence electrons. The highest BCUT2D eigenvalue weighted by molar-refractivity contribution is 5.87. The maximum Gasteiger partial charge on any atom is 0.360 e. The van der Waals surface area contributed by atoms with Crippen LogP contribution < -0.4 is 0 Å². The van der Waals surface area contributed by atoms with E-state index in [2.05, 4.69) is 17.2 Å². The van der Waals surface area contributed by atoms with E-state index in [1.807, 2.05) is 0 Å². The number of nitrogens with zero attached hydrogens (tertiary/aromatic N) is 4. The van der Waals surface area contributed by atoms with Crippen molar-refractivity contribution in [3.63, 3.8) is 0 Å². The van der Waals surface area contributed by atoms with Crippen molar-refractivity contribution >= 4 is 11.9 Å². The number of hydrogen-bond donors (Lipinski definition) is 0. The Morgan fingerprint density at radius 2 is 2.19 bits per heavy atom. The summed E-state index contributed by atoms with van der Waals surface area (Å²) in [7, 11) is 3.33. The molecule has 0 bridgehead atoms. The van der Waals surface area contributed by atoms with E-state index in [-0.39, 0.29) is 24.2 Å². The number of aromatic nitrogens is 3. The molecule has 0 aliphatic heterocycles. The third kappa shape index (κ3) is 4.27. The summed E-state index contributed by atoms with van der Waals surface area (Å²) in [6.07, 6.45) is 5.51. The maximum atomic E-state index is 12.0. The molecule has 0 N–H and O–H groups in total. The minimum absolute atomic E-state index is 0.0326. The van der Waals surface area contributed by atoms with Crippen molar-refractivity contribution in [2.45, 2.75) is 45.3 Å². The summed E-state index contributed by atoms with van der Waals surface area (Å²) >= 11 is 0. The number of carbonyl (C=O) groups is 2. The Morgan fingerprint density at radius 3 is 2.86 bits per heavy atom. The fraction of sp³-hybridized carbons (Fsp3) is 0.714. The van der Waals surface area contributed by atoms with Crippen molar-refractivity contribution in [2.75, 3.05) is 14.1 Å². The molecule has 0 aromatic carbocycles. The molecule has 2 rings (SSSR count). The number of rotatable bonds is 4. The van der Waals surface area contributed by atoms with Gasteiger partial charge in [-0.05, 0) is 25.2 Å². The van der Waals surface area contributed by atoms with Gasteiger partial charge in [0.2, 0.25) is 5.91 Å². The largest absolute Gasteiger partial charge is 0.458 e. The first-order chi connectivity index (χ1) is 9.95. The van der Waals surface area contributed by atoms with Gasteiger partial charge >= 0.3 is 5.97 Å². The van der Waals surface area contributed by atoms with Crippen molar-refractivity contribution in [2.24, 2.45) is 5.92 Å². The van der Waals surface area contributed by atoms with E-state index in [0.29, 0.717) is 5.92 Å². The topological polar surface area (TPSA) is 77.3 Å². The Hall–Kier alpha value is -1.92. The minimum atomic E-state index is -0.461. The molecule has 0 radical (unpaired) electrons. The third-order valence-electron chi connectivity index (χ3n) is 3.71. The van der Waals surface area contributed by atoms with E-state index in [1.54, 1.807) is 14.1 Å². The second-order valence-corrected chi connectivity index (χ2v) is 5.89. The quantitative estimate of drug-likeness (QED) is 0.777. The first-order valence-corrected chi connectivity index (χ1v) is 7.27. The van der Waals surface area contributed by atoms with Gasteiger partial charge in [0.1, 0.15) is 12.6 Å². The Bertz CT molecular complexity index is 512. The van der Waals surface area contributed by atoms with Gasteiger partial charge in [0.15, 0.2) is 5.69 Å². The fourth-order valence-corrected chi connectivity index (χ4v) is 2.45. The molecule has 2 unspecified atom stereocenters. The lowest BCUT2D eigenvalue weighted by atomic mass is 9.89. The molecule has 1 aromatic heterocycles. The molecule has 7 heteroatoms. The highest BCUT2D eigenvalue weighted by Crippen LogP contribution is 2.26. The van der Waals surface area contributed by atoms with Crippen LogP contribution in [0.3, 0.4) is 0 Å². The van der Waals surface area contributed by atoms with E-state index in [1.165, 1.54) is 22.2 Å². The number of ether oxygens (including phenoxy) is 1. The maximum absolute atomic E-state index is 12.0. The van der Waals surface area contributed by atoms with Crippen molar-refractivity contribution < 1.29 is 14.3 Å². The van der Waals surface area contributed by atoms with Gasteiger partial charge in [0.25, 0.3) is 0 Å². The lowest BCUT2D eigenvalue weighted by Crippen LogP contribution is -2.26. The molecule has 0 spiro atoms. The van der Waals surface area contributed by atoms with Crippen LogP contribution in [0.4, 0.5) is 0 Å². The molecule has 1 heterocycles. The monoisotopic (exact) mass is 294 g/mol. The van der Waals surface area contributed by atoms with Crippen molar-refractivity contribution in [1.82, 2.24) is 19.9 Å². The Balaban J connectivity index is 1.91. The smallest absolute Gasteiger partial charge is 0.360 e. The summed E-state index contributed by atoms with van der Waals surface area (Å²) < 4.78 is 6.81. The molecule has 1 fully saturated rings. The van der Waals surface area contributed by atoms with Gasteiger partial charge in [-0.3, -0.25) is 4.79 Å². The number of hydrogen-bond acceptors (Lipinski definition) is 5. The Kier molecular flexibility index (Phi) is 4.93. The highest BCUT2D eigenvalue weighted by Gasteiger charge is 2.24. The average molecular weight is 294 g/mol. The normalized spacial score (nSPS) is 21.9. The molecule has 1 aliphatic carbocycles. The molecular formula is C14H22N4O3. The summed E-state index contributed by atoms with van der Waals surface area (Å²) in [5.41, 5.74) is 0.153. The van der Waals surface area contributed by atoms with Crippen LogP contribution in [0.15, 0.2) is 6.20 Å². The third-order valence-corrected chi connectivity index (χ3v) is 3.71. The second-order valence-electron chi connectivity index (χ2n) is 5.89. The van der Waals surface area contributed by atoms with Crippen LogP contribution in [0.2, 0.25) is 0 Å². The molecular weight excluding hydrogens is 272 g/mol. The van der Waals surface area contributed by atoms with Gasteiger partial charge in [-0.15, -0.1) is 5.10 Å². The van der Waals surface area contributed by atoms with Crippen LogP contribution >= 0.6 is 0 Å². The molecule has 7 nitrogen and oxygen atoms in total. The van der Waals surface area contributed by atoms with Crippen molar-refractivity contribution in [1.29, 1.82) is 0 Å². The van der Waals surface area contributed by atoms with Crippen LogP contribution in [0.25, 0.3) is 0 Å². The van der Waals surface area contributed by atoms with E-state index < -0.39 is 5.97 Å². The standard InChI is InChI=1S/C14H22N4O3/c1-10-5-4-6-11(7-10)21-14(20)12-8-18(16-15-12)9-13(19)17(2)3/h8,10-11H,4-7,9H2,1-3H3. The van der Waals surface area contributed by atoms with Crippen LogP contribution in [0, 0.1) is 5.92 Å². The number of likely N-dealkylation sites (N-methyl/N-ethyl adjacent to an activating group) is 1. The number of esters is 1. The zero-order valence-electron chi connectivity index (χ0n) is 12.8. The summed E-state index contributed by atoms with van der Waals surface area (Å²) in [5.74, 6) is 0.0171. The summed E-state index contributed by atoms with van der Waals surface area (Å²) in [6.45, 7) is 2.23.